The minimum atomic E-state index is -0.420. The molecule has 1 aromatic carbocycles. The lowest BCUT2D eigenvalue weighted by Gasteiger charge is -1.95. The highest BCUT2D eigenvalue weighted by molar-refractivity contribution is 7.13. The summed E-state index contributed by atoms with van der Waals surface area (Å²) in [6.45, 7) is 0. The van der Waals surface area contributed by atoms with Gasteiger partial charge in [-0.25, -0.2) is 9.78 Å². The number of ether oxygens (including phenoxy) is 1. The predicted octanol–water partition coefficient (Wildman–Crippen LogP) is 3.25. The molecule has 0 aliphatic rings. The Labute approximate surface area is 102 Å². The zero-order chi connectivity index (χ0) is 11.5. The molecule has 0 saturated carbocycles. The molecule has 0 amide bonds. The van der Waals surface area contributed by atoms with Gasteiger partial charge in [0, 0.05) is 16.0 Å². The van der Waals surface area contributed by atoms with Crippen LogP contribution < -0.4 is 0 Å². The molecule has 0 spiro atoms. The average molecular weight is 254 g/mol. The van der Waals surface area contributed by atoms with E-state index in [9.17, 15) is 4.79 Å². The first-order valence-electron chi connectivity index (χ1n) is 4.50. The van der Waals surface area contributed by atoms with E-state index >= 15 is 0 Å². The van der Waals surface area contributed by atoms with Gasteiger partial charge in [-0.15, -0.1) is 11.3 Å². The van der Waals surface area contributed by atoms with Crippen molar-refractivity contribution in [2.24, 2.45) is 0 Å². The first-order chi connectivity index (χ1) is 7.70. The van der Waals surface area contributed by atoms with E-state index in [2.05, 4.69) is 9.72 Å². The largest absolute Gasteiger partial charge is 0.464 e. The van der Waals surface area contributed by atoms with Crippen LogP contribution in [0.5, 0.6) is 0 Å². The summed E-state index contributed by atoms with van der Waals surface area (Å²) < 4.78 is 4.59. The number of esters is 1. The van der Waals surface area contributed by atoms with Crippen LogP contribution in [0.25, 0.3) is 10.6 Å². The molecule has 0 radical (unpaired) electrons. The predicted molar refractivity (Wildman–Crippen MR) is 63.9 cm³/mol. The van der Waals surface area contributed by atoms with Crippen LogP contribution in [0.1, 0.15) is 10.5 Å². The number of carbonyl (C=O) groups excluding carboxylic acids is 1. The van der Waals surface area contributed by atoms with Crippen molar-refractivity contribution in [1.29, 1.82) is 0 Å². The van der Waals surface area contributed by atoms with E-state index in [-0.39, 0.29) is 0 Å². The number of methoxy groups -OCH3 is 1. The molecule has 3 nitrogen and oxygen atoms in total. The number of carbonyl (C=O) groups is 1. The van der Waals surface area contributed by atoms with E-state index in [0.29, 0.717) is 10.7 Å². The van der Waals surface area contributed by atoms with Crippen LogP contribution in [0.2, 0.25) is 5.02 Å². The summed E-state index contributed by atoms with van der Waals surface area (Å²) in [5.41, 5.74) is 1.27. The van der Waals surface area contributed by atoms with Crippen molar-refractivity contribution in [3.8, 4) is 10.6 Å². The molecule has 1 heterocycles. The summed E-state index contributed by atoms with van der Waals surface area (Å²) in [7, 11) is 1.34. The first-order valence-corrected chi connectivity index (χ1v) is 5.76. The number of nitrogens with zero attached hydrogens (tertiary/aromatic N) is 1. The SMILES string of the molecule is COC(=O)c1csc(-c2ccc(Cl)cc2)n1. The Balaban J connectivity index is 2.31. The van der Waals surface area contributed by atoms with Gasteiger partial charge in [0.25, 0.3) is 0 Å². The molecule has 2 aromatic rings. The van der Waals surface area contributed by atoms with Crippen molar-refractivity contribution in [1.82, 2.24) is 4.98 Å². The van der Waals surface area contributed by atoms with E-state index in [1.807, 2.05) is 12.1 Å². The van der Waals surface area contributed by atoms with Crippen LogP contribution in [-0.4, -0.2) is 18.1 Å². The molecule has 0 N–H and O–H groups in total. The molecular formula is C11H8ClNO2S. The summed E-state index contributed by atoms with van der Waals surface area (Å²) >= 11 is 7.18. The fourth-order valence-electron chi connectivity index (χ4n) is 1.20. The van der Waals surface area contributed by atoms with Crippen molar-refractivity contribution < 1.29 is 9.53 Å². The maximum Gasteiger partial charge on any atom is 0.357 e. The maximum atomic E-state index is 11.2. The van der Waals surface area contributed by atoms with Crippen LogP contribution >= 0.6 is 22.9 Å². The van der Waals surface area contributed by atoms with E-state index in [1.54, 1.807) is 17.5 Å². The van der Waals surface area contributed by atoms with Crippen LogP contribution in [0, 0.1) is 0 Å². The van der Waals surface area contributed by atoms with Gasteiger partial charge >= 0.3 is 5.97 Å². The zero-order valence-electron chi connectivity index (χ0n) is 8.44. The molecule has 0 atom stereocenters. The molecule has 16 heavy (non-hydrogen) atoms. The van der Waals surface area contributed by atoms with Crippen LogP contribution in [-0.2, 0) is 4.74 Å². The third kappa shape index (κ3) is 2.23. The van der Waals surface area contributed by atoms with Crippen LogP contribution in [0.3, 0.4) is 0 Å². The first kappa shape index (κ1) is 11.1. The van der Waals surface area contributed by atoms with Crippen molar-refractivity contribution in [2.45, 2.75) is 0 Å². The smallest absolute Gasteiger partial charge is 0.357 e. The number of hydrogen-bond donors (Lipinski definition) is 0. The number of benzene rings is 1. The lowest BCUT2D eigenvalue weighted by Crippen LogP contribution is -2.00. The zero-order valence-corrected chi connectivity index (χ0v) is 10.0. The van der Waals surface area contributed by atoms with Gasteiger partial charge in [-0.3, -0.25) is 0 Å². The molecule has 0 unspecified atom stereocenters. The Kier molecular flexibility index (Phi) is 3.22. The Bertz CT molecular complexity index is 507. The second-order valence-corrected chi connectivity index (χ2v) is 4.33. The van der Waals surface area contributed by atoms with E-state index in [0.717, 1.165) is 10.6 Å². The Morgan fingerprint density at radius 2 is 2.06 bits per heavy atom. The third-order valence-corrected chi connectivity index (χ3v) is 3.13. The summed E-state index contributed by atoms with van der Waals surface area (Å²) in [6, 6.07) is 7.30. The summed E-state index contributed by atoms with van der Waals surface area (Å²) in [5, 5.41) is 3.13. The monoisotopic (exact) mass is 253 g/mol. The highest BCUT2D eigenvalue weighted by atomic mass is 35.5. The summed E-state index contributed by atoms with van der Waals surface area (Å²) in [5.74, 6) is -0.420. The number of rotatable bonds is 2. The Morgan fingerprint density at radius 3 is 2.69 bits per heavy atom. The number of halogens is 1. The Morgan fingerprint density at radius 1 is 1.38 bits per heavy atom. The highest BCUT2D eigenvalue weighted by Gasteiger charge is 2.11. The number of hydrogen-bond acceptors (Lipinski definition) is 4. The van der Waals surface area contributed by atoms with Crippen molar-refractivity contribution in [2.75, 3.05) is 7.11 Å². The lowest BCUT2D eigenvalue weighted by atomic mass is 10.2. The van der Waals surface area contributed by atoms with E-state index in [1.165, 1.54) is 18.4 Å². The number of aromatic nitrogens is 1. The Hall–Kier alpha value is -1.39. The number of thiazole rings is 1. The highest BCUT2D eigenvalue weighted by Crippen LogP contribution is 2.25. The van der Waals surface area contributed by atoms with Gasteiger partial charge in [0.15, 0.2) is 5.69 Å². The van der Waals surface area contributed by atoms with Crippen molar-refractivity contribution in [3.05, 3.63) is 40.4 Å². The van der Waals surface area contributed by atoms with Crippen LogP contribution in [0.15, 0.2) is 29.6 Å². The minimum Gasteiger partial charge on any atom is -0.464 e. The fraction of sp³-hybridized carbons (Fsp3) is 0.0909. The average Bonchev–Trinajstić information content (AvgIpc) is 2.78. The molecule has 0 bridgehead atoms. The van der Waals surface area contributed by atoms with Gasteiger partial charge in [-0.05, 0) is 12.1 Å². The molecule has 1 aromatic heterocycles. The van der Waals surface area contributed by atoms with Gasteiger partial charge in [-0.1, -0.05) is 23.7 Å². The normalized spacial score (nSPS) is 10.1. The lowest BCUT2D eigenvalue weighted by molar-refractivity contribution is 0.0595. The molecule has 0 saturated heterocycles. The third-order valence-electron chi connectivity index (χ3n) is 1.99. The van der Waals surface area contributed by atoms with E-state index in [4.69, 9.17) is 11.6 Å². The van der Waals surface area contributed by atoms with Crippen LogP contribution in [0.4, 0.5) is 0 Å². The molecule has 0 fully saturated rings. The second-order valence-electron chi connectivity index (χ2n) is 3.04. The second kappa shape index (κ2) is 4.63. The molecule has 0 aliphatic carbocycles. The van der Waals surface area contributed by atoms with Gasteiger partial charge in [0.2, 0.25) is 0 Å². The molecular weight excluding hydrogens is 246 g/mol. The summed E-state index contributed by atoms with van der Waals surface area (Å²) in [6.07, 6.45) is 0. The minimum absolute atomic E-state index is 0.331. The van der Waals surface area contributed by atoms with Gasteiger partial charge in [0.05, 0.1) is 7.11 Å². The quantitative estimate of drug-likeness (QED) is 0.772. The fourth-order valence-corrected chi connectivity index (χ4v) is 2.12. The standard InChI is InChI=1S/C11H8ClNO2S/c1-15-11(14)9-6-16-10(13-9)7-2-4-8(12)5-3-7/h2-6H,1H3. The van der Waals surface area contributed by atoms with Gasteiger partial charge in [-0.2, -0.15) is 0 Å². The molecule has 2 rings (SSSR count). The molecule has 0 aliphatic heterocycles. The van der Waals surface area contributed by atoms with Crippen molar-refractivity contribution in [3.63, 3.8) is 0 Å². The topological polar surface area (TPSA) is 39.2 Å². The maximum absolute atomic E-state index is 11.2. The van der Waals surface area contributed by atoms with Gasteiger partial charge < -0.3 is 4.74 Å². The van der Waals surface area contributed by atoms with Gasteiger partial charge in [0.1, 0.15) is 5.01 Å². The molecule has 82 valence electrons. The van der Waals surface area contributed by atoms with E-state index < -0.39 is 5.97 Å². The summed E-state index contributed by atoms with van der Waals surface area (Å²) in [4.78, 5) is 15.4. The molecule has 5 heteroatoms. The van der Waals surface area contributed by atoms with Crippen molar-refractivity contribution >= 4 is 28.9 Å².